The molecule has 4 rings (SSSR count). The maximum absolute atomic E-state index is 13.0. The second-order valence-corrected chi connectivity index (χ2v) is 9.16. The zero-order chi connectivity index (χ0) is 22.6. The quantitative estimate of drug-likeness (QED) is 0.465. The van der Waals surface area contributed by atoms with Crippen LogP contribution in [0.2, 0.25) is 0 Å². The lowest BCUT2D eigenvalue weighted by Crippen LogP contribution is -2.26. The van der Waals surface area contributed by atoms with E-state index in [1.807, 2.05) is 36.5 Å². The van der Waals surface area contributed by atoms with Gasteiger partial charge in [-0.25, -0.2) is 8.42 Å². The molecule has 32 heavy (non-hydrogen) atoms. The van der Waals surface area contributed by atoms with E-state index in [0.717, 1.165) is 5.56 Å². The Hall–Kier alpha value is -3.91. The van der Waals surface area contributed by atoms with Gasteiger partial charge in [-0.15, -0.1) is 0 Å². The van der Waals surface area contributed by atoms with Crippen molar-refractivity contribution in [1.82, 2.24) is 9.78 Å². The second-order valence-electron chi connectivity index (χ2n) is 7.19. The zero-order valence-electron chi connectivity index (χ0n) is 17.4. The van der Waals surface area contributed by atoms with Crippen LogP contribution in [0.15, 0.2) is 102 Å². The van der Waals surface area contributed by atoms with Crippen LogP contribution < -0.4 is 9.62 Å². The minimum absolute atomic E-state index is 0.0453. The molecule has 0 saturated carbocycles. The number of para-hydroxylation sites is 1. The lowest BCUT2D eigenvalue weighted by atomic mass is 10.1. The number of nitrogens with one attached hydrogen (secondary N) is 1. The molecule has 4 aromatic rings. The molecule has 1 heterocycles. The first-order valence-electron chi connectivity index (χ1n) is 9.95. The van der Waals surface area contributed by atoms with Gasteiger partial charge in [0.15, 0.2) is 0 Å². The van der Waals surface area contributed by atoms with Crippen LogP contribution in [0.3, 0.4) is 0 Å². The van der Waals surface area contributed by atoms with E-state index in [2.05, 4.69) is 10.4 Å². The molecular formula is C24H22N4O3S. The molecule has 0 radical (unpaired) electrons. The maximum Gasteiger partial charge on any atom is 0.264 e. The van der Waals surface area contributed by atoms with Crippen LogP contribution in [0.4, 0.5) is 11.4 Å². The normalized spacial score (nSPS) is 11.2. The van der Waals surface area contributed by atoms with E-state index in [0.29, 0.717) is 17.9 Å². The molecule has 1 amide bonds. The third-order valence-corrected chi connectivity index (χ3v) is 6.74. The number of hydrogen-bond acceptors (Lipinski definition) is 4. The molecule has 0 bridgehead atoms. The first kappa shape index (κ1) is 21.3. The highest BCUT2D eigenvalue weighted by atomic mass is 32.2. The average Bonchev–Trinajstić information content (AvgIpc) is 3.32. The third-order valence-electron chi connectivity index (χ3n) is 4.96. The first-order chi connectivity index (χ1) is 15.4. The summed E-state index contributed by atoms with van der Waals surface area (Å²) in [5.41, 5.74) is 2.39. The van der Waals surface area contributed by atoms with Gasteiger partial charge in [0.25, 0.3) is 15.9 Å². The van der Waals surface area contributed by atoms with E-state index in [4.69, 9.17) is 0 Å². The number of sulfonamides is 1. The summed E-state index contributed by atoms with van der Waals surface area (Å²) in [4.78, 5) is 12.9. The molecule has 0 atom stereocenters. The highest BCUT2D eigenvalue weighted by Crippen LogP contribution is 2.23. The van der Waals surface area contributed by atoms with Crippen molar-refractivity contribution in [2.24, 2.45) is 0 Å². The smallest absolute Gasteiger partial charge is 0.264 e. The number of hydrogen-bond donors (Lipinski definition) is 1. The van der Waals surface area contributed by atoms with Gasteiger partial charge in [-0.1, -0.05) is 36.4 Å². The summed E-state index contributed by atoms with van der Waals surface area (Å²) < 4.78 is 29.1. The summed E-state index contributed by atoms with van der Waals surface area (Å²) in [7, 11) is -2.32. The molecule has 0 spiro atoms. The Morgan fingerprint density at radius 2 is 1.75 bits per heavy atom. The Balaban J connectivity index is 1.53. The number of anilines is 2. The van der Waals surface area contributed by atoms with Crippen molar-refractivity contribution in [2.45, 2.75) is 11.4 Å². The molecule has 0 fully saturated rings. The number of carbonyl (C=O) groups is 1. The summed E-state index contributed by atoms with van der Waals surface area (Å²) >= 11 is 0. The molecule has 162 valence electrons. The van der Waals surface area contributed by atoms with E-state index in [1.54, 1.807) is 53.3 Å². The third kappa shape index (κ3) is 4.70. The summed E-state index contributed by atoms with van der Waals surface area (Å²) in [5.74, 6) is -0.388. The van der Waals surface area contributed by atoms with E-state index >= 15 is 0 Å². The molecule has 7 nitrogen and oxygen atoms in total. The van der Waals surface area contributed by atoms with Crippen LogP contribution in [0.25, 0.3) is 0 Å². The molecule has 0 unspecified atom stereocenters. The summed E-state index contributed by atoms with van der Waals surface area (Å²) in [6.07, 6.45) is 3.57. The minimum Gasteiger partial charge on any atom is -0.322 e. The van der Waals surface area contributed by atoms with Gasteiger partial charge in [0, 0.05) is 30.7 Å². The molecule has 1 N–H and O–H groups in total. The molecule has 8 heteroatoms. The van der Waals surface area contributed by atoms with E-state index < -0.39 is 10.0 Å². The van der Waals surface area contributed by atoms with Crippen molar-refractivity contribution in [3.8, 4) is 0 Å². The van der Waals surface area contributed by atoms with Gasteiger partial charge < -0.3 is 5.32 Å². The van der Waals surface area contributed by atoms with Crippen LogP contribution in [-0.4, -0.2) is 31.2 Å². The minimum atomic E-state index is -3.81. The number of aromatic nitrogens is 2. The summed E-state index contributed by atoms with van der Waals surface area (Å²) in [5, 5.41) is 7.03. The van der Waals surface area contributed by atoms with Gasteiger partial charge in [-0.05, 0) is 54.1 Å². The monoisotopic (exact) mass is 446 g/mol. The van der Waals surface area contributed by atoms with Gasteiger partial charge in [-0.3, -0.25) is 13.8 Å². The molecule has 0 saturated heterocycles. The Morgan fingerprint density at radius 1 is 0.969 bits per heavy atom. The van der Waals surface area contributed by atoms with Gasteiger partial charge in [-0.2, -0.15) is 5.10 Å². The lowest BCUT2D eigenvalue weighted by Gasteiger charge is -2.19. The van der Waals surface area contributed by atoms with Crippen LogP contribution in [-0.2, 0) is 16.6 Å². The topological polar surface area (TPSA) is 84.3 Å². The SMILES string of the molecule is CN(c1ccccc1)S(=O)(=O)c1cccc(C(=O)Nc2cccc(Cn3cccn3)c2)c1. The Bertz CT molecular complexity index is 1320. The van der Waals surface area contributed by atoms with Crippen LogP contribution in [0.1, 0.15) is 15.9 Å². The predicted molar refractivity (Wildman–Crippen MR) is 124 cm³/mol. The fraction of sp³-hybridized carbons (Fsp3) is 0.0833. The summed E-state index contributed by atoms with van der Waals surface area (Å²) in [6.45, 7) is 0.580. The Kier molecular flexibility index (Phi) is 6.04. The van der Waals surface area contributed by atoms with Crippen LogP contribution in [0.5, 0.6) is 0 Å². The fourth-order valence-electron chi connectivity index (χ4n) is 3.26. The highest BCUT2D eigenvalue weighted by molar-refractivity contribution is 7.92. The van der Waals surface area contributed by atoms with Crippen molar-refractivity contribution in [3.05, 3.63) is 108 Å². The Morgan fingerprint density at radius 3 is 2.50 bits per heavy atom. The lowest BCUT2D eigenvalue weighted by molar-refractivity contribution is 0.102. The molecule has 0 aliphatic carbocycles. The van der Waals surface area contributed by atoms with E-state index in [9.17, 15) is 13.2 Å². The average molecular weight is 447 g/mol. The number of benzene rings is 3. The zero-order valence-corrected chi connectivity index (χ0v) is 18.2. The Labute approximate surface area is 187 Å². The van der Waals surface area contributed by atoms with Crippen molar-refractivity contribution < 1.29 is 13.2 Å². The number of nitrogens with zero attached hydrogens (tertiary/aromatic N) is 3. The molecule has 0 aliphatic rings. The molecular weight excluding hydrogens is 424 g/mol. The second kappa shape index (κ2) is 9.07. The van der Waals surface area contributed by atoms with Crippen molar-refractivity contribution in [1.29, 1.82) is 0 Å². The number of amides is 1. The van der Waals surface area contributed by atoms with Crippen molar-refractivity contribution >= 4 is 27.3 Å². The molecule has 1 aromatic heterocycles. The number of rotatable bonds is 7. The number of carbonyl (C=O) groups excluding carboxylic acids is 1. The molecule has 0 aliphatic heterocycles. The largest absolute Gasteiger partial charge is 0.322 e. The van der Waals surface area contributed by atoms with Gasteiger partial charge in [0.1, 0.15) is 0 Å². The van der Waals surface area contributed by atoms with E-state index in [-0.39, 0.29) is 16.4 Å². The fourth-order valence-corrected chi connectivity index (χ4v) is 4.51. The standard InChI is InChI=1S/C24H22N4O3S/c1-27(22-11-3-2-4-12-22)32(30,31)23-13-6-9-20(17-23)24(29)26-21-10-5-8-19(16-21)18-28-15-7-14-25-28/h2-17H,18H2,1H3,(H,26,29). The van der Waals surface area contributed by atoms with Crippen LogP contribution in [0, 0.1) is 0 Å². The van der Waals surface area contributed by atoms with Crippen molar-refractivity contribution in [2.75, 3.05) is 16.7 Å². The first-order valence-corrected chi connectivity index (χ1v) is 11.4. The predicted octanol–water partition coefficient (Wildman–Crippen LogP) is 4.01. The molecule has 3 aromatic carbocycles. The maximum atomic E-state index is 13.0. The van der Waals surface area contributed by atoms with E-state index in [1.165, 1.54) is 23.5 Å². The highest BCUT2D eigenvalue weighted by Gasteiger charge is 2.22. The van der Waals surface area contributed by atoms with Gasteiger partial charge >= 0.3 is 0 Å². The van der Waals surface area contributed by atoms with Gasteiger partial charge in [0.2, 0.25) is 0 Å². The van der Waals surface area contributed by atoms with Crippen LogP contribution >= 0.6 is 0 Å². The van der Waals surface area contributed by atoms with Gasteiger partial charge in [0.05, 0.1) is 17.1 Å². The van der Waals surface area contributed by atoms with Crippen molar-refractivity contribution in [3.63, 3.8) is 0 Å². The summed E-state index contributed by atoms with van der Waals surface area (Å²) in [6, 6.07) is 24.1.